The largest absolute Gasteiger partial charge is 0.506 e. The van der Waals surface area contributed by atoms with E-state index in [0.29, 0.717) is 0 Å². The number of hydrogen-bond donors (Lipinski definition) is 3. The maximum Gasteiger partial charge on any atom is 0.263 e. The first-order valence-electron chi connectivity index (χ1n) is 5.12. The summed E-state index contributed by atoms with van der Waals surface area (Å²) in [5.41, 5.74) is 5.43. The zero-order chi connectivity index (χ0) is 14.0. The van der Waals surface area contributed by atoms with Crippen molar-refractivity contribution >= 4 is 33.1 Å². The molecule has 2 rings (SSSR count). The van der Waals surface area contributed by atoms with Crippen LogP contribution in [-0.4, -0.2) is 18.5 Å². The number of aromatic nitrogens is 1. The Bertz CT molecular complexity index is 719. The van der Waals surface area contributed by atoms with Crippen LogP contribution in [0.15, 0.2) is 41.3 Å². The van der Waals surface area contributed by atoms with E-state index < -0.39 is 10.0 Å². The van der Waals surface area contributed by atoms with Crippen molar-refractivity contribution < 1.29 is 13.5 Å². The molecule has 1 aromatic heterocycles. The summed E-state index contributed by atoms with van der Waals surface area (Å²) in [6.45, 7) is 0. The van der Waals surface area contributed by atoms with Gasteiger partial charge in [-0.05, 0) is 30.3 Å². The molecule has 0 fully saturated rings. The van der Waals surface area contributed by atoms with Gasteiger partial charge < -0.3 is 10.8 Å². The molecule has 0 unspecified atom stereocenters. The number of rotatable bonds is 3. The first-order chi connectivity index (χ1) is 8.88. The molecule has 1 aromatic carbocycles. The van der Waals surface area contributed by atoms with Gasteiger partial charge in [-0.15, -0.1) is 0 Å². The van der Waals surface area contributed by atoms with E-state index in [1.165, 1.54) is 24.3 Å². The van der Waals surface area contributed by atoms with Crippen LogP contribution in [0.1, 0.15) is 0 Å². The highest BCUT2D eigenvalue weighted by atomic mass is 35.5. The van der Waals surface area contributed by atoms with Crippen LogP contribution in [0.3, 0.4) is 0 Å². The summed E-state index contributed by atoms with van der Waals surface area (Å²) >= 11 is 5.67. The van der Waals surface area contributed by atoms with Crippen molar-refractivity contribution in [2.75, 3.05) is 10.5 Å². The molecule has 0 aliphatic rings. The molecular weight excluding hydrogens is 290 g/mol. The van der Waals surface area contributed by atoms with E-state index in [1.807, 2.05) is 0 Å². The summed E-state index contributed by atoms with van der Waals surface area (Å²) in [7, 11) is -3.83. The second-order valence-corrected chi connectivity index (χ2v) is 5.74. The average Bonchev–Trinajstić information content (AvgIpc) is 2.32. The molecule has 6 nitrogen and oxygen atoms in total. The lowest BCUT2D eigenvalue weighted by Crippen LogP contribution is -2.14. The number of phenolic OH excluding ortho intramolecular Hbond substituents is 1. The van der Waals surface area contributed by atoms with Crippen LogP contribution < -0.4 is 10.5 Å². The van der Waals surface area contributed by atoms with Gasteiger partial charge in [0, 0.05) is 0 Å². The predicted octanol–water partition coefficient (Wildman–Crippen LogP) is 1.82. The van der Waals surface area contributed by atoms with E-state index in [9.17, 15) is 13.5 Å². The van der Waals surface area contributed by atoms with E-state index >= 15 is 0 Å². The number of nitrogen functional groups attached to an aromatic ring is 1. The van der Waals surface area contributed by atoms with Crippen LogP contribution >= 0.6 is 11.6 Å². The van der Waals surface area contributed by atoms with E-state index in [1.54, 1.807) is 6.07 Å². The van der Waals surface area contributed by atoms with Gasteiger partial charge in [0.15, 0.2) is 0 Å². The van der Waals surface area contributed by atoms with E-state index in [0.717, 1.165) is 6.07 Å². The number of aromatic hydroxyl groups is 1. The molecule has 4 N–H and O–H groups in total. The summed E-state index contributed by atoms with van der Waals surface area (Å²) in [6.07, 6.45) is 0. The summed E-state index contributed by atoms with van der Waals surface area (Å²) < 4.78 is 26.4. The maximum atomic E-state index is 12.0. The minimum absolute atomic E-state index is 0.0260. The van der Waals surface area contributed by atoms with E-state index in [2.05, 4.69) is 9.71 Å². The Hall–Kier alpha value is -1.99. The van der Waals surface area contributed by atoms with Crippen molar-refractivity contribution in [3.05, 3.63) is 41.6 Å². The minimum atomic E-state index is -3.83. The summed E-state index contributed by atoms with van der Waals surface area (Å²) in [4.78, 5) is 3.74. The Morgan fingerprint density at radius 2 is 2.00 bits per heavy atom. The molecule has 2 aromatic rings. The van der Waals surface area contributed by atoms with E-state index in [4.69, 9.17) is 17.3 Å². The highest BCUT2D eigenvalue weighted by Gasteiger charge is 2.16. The quantitative estimate of drug-likeness (QED) is 0.455. The van der Waals surface area contributed by atoms with Crippen LogP contribution in [0.4, 0.5) is 11.5 Å². The molecule has 100 valence electrons. The lowest BCUT2D eigenvalue weighted by atomic mass is 10.3. The molecule has 0 radical (unpaired) electrons. The second-order valence-electron chi connectivity index (χ2n) is 3.67. The van der Waals surface area contributed by atoms with Gasteiger partial charge in [-0.3, -0.25) is 4.72 Å². The number of nitrogens with zero attached hydrogens (tertiary/aromatic N) is 1. The van der Waals surface area contributed by atoms with Gasteiger partial charge in [0.1, 0.15) is 16.7 Å². The number of phenols is 1. The standard InChI is InChI=1S/C11H10ClN3O3S/c12-10-2-1-3-11(14-10)15-19(17,18)7-4-5-9(16)8(13)6-7/h1-6,16H,13H2,(H,14,15). The molecule has 0 atom stereocenters. The lowest BCUT2D eigenvalue weighted by molar-refractivity contribution is 0.477. The number of sulfonamides is 1. The van der Waals surface area contributed by atoms with Crippen LogP contribution in [0.2, 0.25) is 5.15 Å². The molecule has 0 saturated carbocycles. The zero-order valence-electron chi connectivity index (χ0n) is 9.54. The Kier molecular flexibility index (Phi) is 3.50. The second kappa shape index (κ2) is 4.94. The van der Waals surface area contributed by atoms with E-state index in [-0.39, 0.29) is 27.3 Å². The number of pyridine rings is 1. The molecule has 0 bridgehead atoms. The third kappa shape index (κ3) is 3.07. The van der Waals surface area contributed by atoms with Gasteiger partial charge in [0.2, 0.25) is 0 Å². The normalized spacial score (nSPS) is 11.2. The molecule has 19 heavy (non-hydrogen) atoms. The van der Waals surface area contributed by atoms with Crippen LogP contribution in [0, 0.1) is 0 Å². The van der Waals surface area contributed by atoms with Crippen molar-refractivity contribution in [3.8, 4) is 5.75 Å². The number of nitrogens with one attached hydrogen (secondary N) is 1. The Morgan fingerprint density at radius 1 is 1.26 bits per heavy atom. The Labute approximate surface area is 114 Å². The lowest BCUT2D eigenvalue weighted by Gasteiger charge is -2.08. The highest BCUT2D eigenvalue weighted by molar-refractivity contribution is 7.92. The van der Waals surface area contributed by atoms with Crippen molar-refractivity contribution in [1.82, 2.24) is 4.98 Å². The van der Waals surface area contributed by atoms with Gasteiger partial charge in [-0.2, -0.15) is 0 Å². The fourth-order valence-corrected chi connectivity index (χ4v) is 2.56. The summed E-state index contributed by atoms with van der Waals surface area (Å²) in [6, 6.07) is 8.15. The molecule has 0 amide bonds. The van der Waals surface area contributed by atoms with Crippen molar-refractivity contribution in [2.45, 2.75) is 4.90 Å². The topological polar surface area (TPSA) is 105 Å². The number of anilines is 2. The molecule has 0 saturated heterocycles. The summed E-state index contributed by atoms with van der Waals surface area (Å²) in [5, 5.41) is 9.44. The molecule has 0 aliphatic heterocycles. The predicted molar refractivity (Wildman–Crippen MR) is 72.6 cm³/mol. The Balaban J connectivity index is 2.35. The van der Waals surface area contributed by atoms with Crippen LogP contribution in [0.25, 0.3) is 0 Å². The van der Waals surface area contributed by atoms with Gasteiger partial charge >= 0.3 is 0 Å². The molecule has 0 aliphatic carbocycles. The van der Waals surface area contributed by atoms with Crippen LogP contribution in [-0.2, 0) is 10.0 Å². The third-order valence-corrected chi connectivity index (χ3v) is 3.83. The molecule has 1 heterocycles. The number of benzene rings is 1. The van der Waals surface area contributed by atoms with Gasteiger partial charge in [0.05, 0.1) is 10.6 Å². The van der Waals surface area contributed by atoms with Crippen molar-refractivity contribution in [3.63, 3.8) is 0 Å². The van der Waals surface area contributed by atoms with Gasteiger partial charge in [-0.1, -0.05) is 17.7 Å². The first kappa shape index (κ1) is 13.4. The van der Waals surface area contributed by atoms with Crippen molar-refractivity contribution in [2.24, 2.45) is 0 Å². The fourth-order valence-electron chi connectivity index (χ4n) is 1.36. The number of halogens is 1. The number of nitrogens with two attached hydrogens (primary N) is 1. The molecule has 0 spiro atoms. The summed E-state index contributed by atoms with van der Waals surface area (Å²) in [5.74, 6) is -0.0843. The fraction of sp³-hybridized carbons (Fsp3) is 0. The highest BCUT2D eigenvalue weighted by Crippen LogP contribution is 2.24. The van der Waals surface area contributed by atoms with Crippen molar-refractivity contribution in [1.29, 1.82) is 0 Å². The smallest absolute Gasteiger partial charge is 0.263 e. The zero-order valence-corrected chi connectivity index (χ0v) is 11.1. The monoisotopic (exact) mass is 299 g/mol. The first-order valence-corrected chi connectivity index (χ1v) is 6.98. The Morgan fingerprint density at radius 3 is 2.63 bits per heavy atom. The maximum absolute atomic E-state index is 12.0. The SMILES string of the molecule is Nc1cc(S(=O)(=O)Nc2cccc(Cl)n2)ccc1O. The van der Waals surface area contributed by atoms with Crippen LogP contribution in [0.5, 0.6) is 5.75 Å². The minimum Gasteiger partial charge on any atom is -0.506 e. The third-order valence-electron chi connectivity index (χ3n) is 2.26. The van der Waals surface area contributed by atoms with Gasteiger partial charge in [0.25, 0.3) is 10.0 Å². The molecule has 8 heteroatoms. The van der Waals surface area contributed by atoms with Gasteiger partial charge in [-0.25, -0.2) is 13.4 Å². The number of hydrogen-bond acceptors (Lipinski definition) is 5. The molecular formula is C11H10ClN3O3S. The average molecular weight is 300 g/mol.